The second-order valence-electron chi connectivity index (χ2n) is 6.11. The fraction of sp³-hybridized carbons (Fsp3) is 0.263. The van der Waals surface area contributed by atoms with Crippen molar-refractivity contribution in [3.8, 4) is 11.3 Å². The SMILES string of the molecule is NCCCCc1c(-c2ccc(C(F)(F)F)cc2)[nH]c2c(F)cc(F)cc12. The lowest BCUT2D eigenvalue weighted by atomic mass is 9.99. The lowest BCUT2D eigenvalue weighted by Crippen LogP contribution is -2.04. The van der Waals surface area contributed by atoms with Gasteiger partial charge in [-0.1, -0.05) is 12.1 Å². The van der Waals surface area contributed by atoms with Crippen molar-refractivity contribution in [1.29, 1.82) is 0 Å². The first-order valence-corrected chi connectivity index (χ1v) is 8.18. The van der Waals surface area contributed by atoms with Gasteiger partial charge in [0.25, 0.3) is 0 Å². The molecule has 7 heteroatoms. The number of benzene rings is 2. The van der Waals surface area contributed by atoms with E-state index in [1.165, 1.54) is 18.2 Å². The minimum absolute atomic E-state index is 0.143. The summed E-state index contributed by atoms with van der Waals surface area (Å²) in [6.07, 6.45) is -2.49. The molecule has 0 amide bonds. The Kier molecular flexibility index (Phi) is 5.00. The van der Waals surface area contributed by atoms with Crippen LogP contribution in [0.15, 0.2) is 36.4 Å². The molecule has 3 aromatic rings. The lowest BCUT2D eigenvalue weighted by Gasteiger charge is -2.09. The average Bonchev–Trinajstić information content (AvgIpc) is 2.93. The van der Waals surface area contributed by atoms with Crippen LogP contribution in [0.3, 0.4) is 0 Å². The molecule has 0 saturated heterocycles. The van der Waals surface area contributed by atoms with Crippen LogP contribution in [0.25, 0.3) is 22.2 Å². The van der Waals surface area contributed by atoms with Crippen LogP contribution in [0, 0.1) is 11.6 Å². The summed E-state index contributed by atoms with van der Waals surface area (Å²) in [5.74, 6) is -1.44. The summed E-state index contributed by atoms with van der Waals surface area (Å²) < 4.78 is 66.1. The quantitative estimate of drug-likeness (QED) is 0.459. The van der Waals surface area contributed by atoms with Gasteiger partial charge in [0.2, 0.25) is 0 Å². The van der Waals surface area contributed by atoms with Crippen molar-refractivity contribution in [2.45, 2.75) is 25.4 Å². The number of hydrogen-bond donors (Lipinski definition) is 2. The molecule has 0 unspecified atom stereocenters. The maximum absolute atomic E-state index is 14.1. The van der Waals surface area contributed by atoms with Crippen molar-refractivity contribution in [1.82, 2.24) is 4.98 Å². The van der Waals surface area contributed by atoms with Gasteiger partial charge in [-0.15, -0.1) is 0 Å². The third kappa shape index (κ3) is 3.58. The van der Waals surface area contributed by atoms with E-state index in [1.54, 1.807) is 0 Å². The molecule has 0 spiro atoms. The summed E-state index contributed by atoms with van der Waals surface area (Å²) >= 11 is 0. The van der Waals surface area contributed by atoms with Gasteiger partial charge in [0, 0.05) is 17.1 Å². The highest BCUT2D eigenvalue weighted by atomic mass is 19.4. The molecular weight excluding hydrogens is 351 g/mol. The molecule has 138 valence electrons. The Morgan fingerprint density at radius 1 is 0.962 bits per heavy atom. The number of H-pyrrole nitrogens is 1. The molecule has 0 radical (unpaired) electrons. The fourth-order valence-electron chi connectivity index (χ4n) is 3.05. The molecule has 3 rings (SSSR count). The molecule has 0 aliphatic heterocycles. The summed E-state index contributed by atoms with van der Waals surface area (Å²) in [5.41, 5.74) is 6.53. The van der Waals surface area contributed by atoms with Crippen LogP contribution < -0.4 is 5.73 Å². The predicted octanol–water partition coefficient (Wildman–Crippen LogP) is 5.41. The van der Waals surface area contributed by atoms with Crippen LogP contribution in [-0.2, 0) is 12.6 Å². The molecule has 0 saturated carbocycles. The van der Waals surface area contributed by atoms with E-state index in [2.05, 4.69) is 4.98 Å². The second kappa shape index (κ2) is 7.07. The Hall–Kier alpha value is -2.41. The summed E-state index contributed by atoms with van der Waals surface area (Å²) in [7, 11) is 0. The van der Waals surface area contributed by atoms with Gasteiger partial charge in [-0.3, -0.25) is 0 Å². The maximum Gasteiger partial charge on any atom is 0.416 e. The number of aromatic amines is 1. The topological polar surface area (TPSA) is 41.8 Å². The summed E-state index contributed by atoms with van der Waals surface area (Å²) in [5, 5.41) is 0.398. The number of nitrogens with one attached hydrogen (secondary N) is 1. The zero-order valence-corrected chi connectivity index (χ0v) is 13.8. The normalized spacial score (nSPS) is 12.1. The smallest absolute Gasteiger partial charge is 0.352 e. The monoisotopic (exact) mass is 368 g/mol. The highest BCUT2D eigenvalue weighted by Crippen LogP contribution is 2.35. The molecule has 0 atom stereocenters. The average molecular weight is 368 g/mol. The van der Waals surface area contributed by atoms with Crippen molar-refractivity contribution >= 4 is 10.9 Å². The van der Waals surface area contributed by atoms with E-state index in [9.17, 15) is 22.0 Å². The van der Waals surface area contributed by atoms with Crippen molar-refractivity contribution in [3.63, 3.8) is 0 Å². The van der Waals surface area contributed by atoms with Crippen LogP contribution in [0.5, 0.6) is 0 Å². The van der Waals surface area contributed by atoms with Crippen LogP contribution in [0.4, 0.5) is 22.0 Å². The van der Waals surface area contributed by atoms with Gasteiger partial charge in [-0.2, -0.15) is 13.2 Å². The number of aryl methyl sites for hydroxylation is 1. The minimum atomic E-state index is -4.43. The number of unbranched alkanes of at least 4 members (excludes halogenated alkanes) is 1. The molecule has 1 aromatic heterocycles. The molecule has 2 aromatic carbocycles. The van der Waals surface area contributed by atoms with Gasteiger partial charge < -0.3 is 10.7 Å². The standard InChI is InChI=1S/C19H17F5N2/c20-13-9-15-14(3-1-2-8-25)17(26-18(15)16(21)10-13)11-4-6-12(7-5-11)19(22,23)24/h4-7,9-10,26H,1-3,8,25H2. The highest BCUT2D eigenvalue weighted by Gasteiger charge is 2.30. The predicted molar refractivity (Wildman–Crippen MR) is 90.6 cm³/mol. The van der Waals surface area contributed by atoms with Crippen LogP contribution >= 0.6 is 0 Å². The van der Waals surface area contributed by atoms with Gasteiger partial charge in [-0.05, 0) is 55.1 Å². The van der Waals surface area contributed by atoms with Crippen LogP contribution in [0.2, 0.25) is 0 Å². The molecule has 2 nitrogen and oxygen atoms in total. The summed E-state index contributed by atoms with van der Waals surface area (Å²) in [6, 6.07) is 6.62. The van der Waals surface area contributed by atoms with E-state index in [-0.39, 0.29) is 5.52 Å². The Balaban J connectivity index is 2.11. The van der Waals surface area contributed by atoms with Crippen molar-refractivity contribution < 1.29 is 22.0 Å². The van der Waals surface area contributed by atoms with Crippen LogP contribution in [-0.4, -0.2) is 11.5 Å². The van der Waals surface area contributed by atoms with Gasteiger partial charge in [0.15, 0.2) is 0 Å². The summed E-state index contributed by atoms with van der Waals surface area (Å²) in [6.45, 7) is 0.487. The largest absolute Gasteiger partial charge is 0.416 e. The molecule has 0 bridgehead atoms. The van der Waals surface area contributed by atoms with Gasteiger partial charge in [0.1, 0.15) is 11.6 Å². The van der Waals surface area contributed by atoms with Crippen molar-refractivity contribution in [3.05, 3.63) is 59.2 Å². The second-order valence-corrected chi connectivity index (χ2v) is 6.11. The van der Waals surface area contributed by atoms with Crippen LogP contribution in [0.1, 0.15) is 24.0 Å². The Labute approximate surface area is 146 Å². The number of fused-ring (bicyclic) bond motifs is 1. The molecular formula is C19H17F5N2. The highest BCUT2D eigenvalue weighted by molar-refractivity contribution is 5.91. The van der Waals surface area contributed by atoms with E-state index in [0.29, 0.717) is 41.6 Å². The molecule has 0 aliphatic carbocycles. The summed E-state index contributed by atoms with van der Waals surface area (Å²) in [4.78, 5) is 2.91. The first-order chi connectivity index (χ1) is 12.3. The molecule has 3 N–H and O–H groups in total. The number of hydrogen-bond acceptors (Lipinski definition) is 1. The van der Waals surface area contributed by atoms with E-state index < -0.39 is 23.4 Å². The van der Waals surface area contributed by atoms with Crippen molar-refractivity contribution in [2.75, 3.05) is 6.54 Å². The molecule has 26 heavy (non-hydrogen) atoms. The first-order valence-electron chi connectivity index (χ1n) is 8.18. The fourth-order valence-corrected chi connectivity index (χ4v) is 3.05. The van der Waals surface area contributed by atoms with E-state index in [0.717, 1.165) is 24.6 Å². The van der Waals surface area contributed by atoms with Gasteiger partial charge in [-0.25, -0.2) is 8.78 Å². The van der Waals surface area contributed by atoms with Gasteiger partial charge >= 0.3 is 6.18 Å². The molecule has 0 aliphatic rings. The molecule has 1 heterocycles. The number of aromatic nitrogens is 1. The number of nitrogens with two attached hydrogens (primary N) is 1. The first kappa shape index (κ1) is 18.4. The zero-order valence-electron chi connectivity index (χ0n) is 13.8. The van der Waals surface area contributed by atoms with E-state index in [4.69, 9.17) is 5.73 Å². The van der Waals surface area contributed by atoms with Gasteiger partial charge in [0.05, 0.1) is 11.1 Å². The minimum Gasteiger partial charge on any atom is -0.352 e. The maximum atomic E-state index is 14.1. The lowest BCUT2D eigenvalue weighted by molar-refractivity contribution is -0.137. The van der Waals surface area contributed by atoms with Crippen molar-refractivity contribution in [2.24, 2.45) is 5.73 Å². The Morgan fingerprint density at radius 3 is 2.27 bits per heavy atom. The number of alkyl halides is 3. The zero-order chi connectivity index (χ0) is 18.9. The Morgan fingerprint density at radius 2 is 1.65 bits per heavy atom. The third-order valence-electron chi connectivity index (χ3n) is 4.31. The number of rotatable bonds is 5. The third-order valence-corrected chi connectivity index (χ3v) is 4.31. The molecule has 0 fully saturated rings. The van der Waals surface area contributed by atoms with E-state index >= 15 is 0 Å². The van der Waals surface area contributed by atoms with E-state index in [1.807, 2.05) is 0 Å². The number of halogens is 5. The Bertz CT molecular complexity index is 910.